The van der Waals surface area contributed by atoms with Gasteiger partial charge in [-0.3, -0.25) is 4.79 Å². The Kier molecular flexibility index (Phi) is 5.17. The molecule has 1 aromatic carbocycles. The van der Waals surface area contributed by atoms with Crippen molar-refractivity contribution in [3.63, 3.8) is 0 Å². The van der Waals surface area contributed by atoms with Crippen LogP contribution in [-0.4, -0.2) is 36.7 Å². The fraction of sp³-hybridized carbons (Fsp3) is 0.412. The predicted molar refractivity (Wildman–Crippen MR) is 84.7 cm³/mol. The third-order valence-electron chi connectivity index (χ3n) is 3.95. The molecule has 2 heterocycles. The van der Waals surface area contributed by atoms with Crippen LogP contribution in [0.4, 0.5) is 13.2 Å². The minimum Gasteiger partial charge on any atom is -0.406 e. The van der Waals surface area contributed by atoms with Crippen molar-refractivity contribution in [2.45, 2.75) is 32.2 Å². The molecule has 9 heteroatoms. The second-order valence-electron chi connectivity index (χ2n) is 5.89. The number of aryl methyl sites for hydroxylation is 1. The van der Waals surface area contributed by atoms with Gasteiger partial charge in [0.2, 0.25) is 0 Å². The van der Waals surface area contributed by atoms with Gasteiger partial charge >= 0.3 is 6.36 Å². The summed E-state index contributed by atoms with van der Waals surface area (Å²) in [6.45, 7) is 2.68. The summed E-state index contributed by atoms with van der Waals surface area (Å²) in [4.78, 5) is 12.5. The van der Waals surface area contributed by atoms with E-state index in [1.54, 1.807) is 6.92 Å². The molecule has 0 spiro atoms. The molecule has 1 N–H and O–H groups in total. The minimum atomic E-state index is -4.77. The van der Waals surface area contributed by atoms with Crippen LogP contribution in [0.5, 0.6) is 5.75 Å². The largest absolute Gasteiger partial charge is 0.573 e. The van der Waals surface area contributed by atoms with Crippen LogP contribution in [-0.2, 0) is 4.74 Å². The predicted octanol–water partition coefficient (Wildman–Crippen LogP) is 3.46. The van der Waals surface area contributed by atoms with Gasteiger partial charge in [-0.2, -0.15) is 0 Å². The van der Waals surface area contributed by atoms with Crippen LogP contribution in [0, 0.1) is 6.92 Å². The molecule has 26 heavy (non-hydrogen) atoms. The fourth-order valence-corrected chi connectivity index (χ4v) is 2.74. The lowest BCUT2D eigenvalue weighted by atomic mass is 10.1. The van der Waals surface area contributed by atoms with Crippen LogP contribution in [0.3, 0.4) is 0 Å². The molecule has 3 rings (SSSR count). The van der Waals surface area contributed by atoms with E-state index in [2.05, 4.69) is 15.2 Å². The average Bonchev–Trinajstić information content (AvgIpc) is 3.21. The summed E-state index contributed by atoms with van der Waals surface area (Å²) in [6.07, 6.45) is -2.93. The molecule has 1 aliphatic heterocycles. The Bertz CT molecular complexity index is 765. The number of alkyl halides is 3. The molecule has 6 nitrogen and oxygen atoms in total. The van der Waals surface area contributed by atoms with E-state index in [1.807, 2.05) is 0 Å². The summed E-state index contributed by atoms with van der Waals surface area (Å²) in [5.41, 5.74) is 1.05. The molecule has 0 aliphatic carbocycles. The van der Waals surface area contributed by atoms with Gasteiger partial charge in [-0.05, 0) is 44.0 Å². The summed E-state index contributed by atoms with van der Waals surface area (Å²) in [7, 11) is 0. The number of nitrogens with one attached hydrogen (secondary N) is 1. The molecule has 140 valence electrons. The number of rotatable bonds is 5. The van der Waals surface area contributed by atoms with Gasteiger partial charge in [0.15, 0.2) is 5.76 Å². The maximum atomic E-state index is 12.5. The molecule has 1 fully saturated rings. The lowest BCUT2D eigenvalue weighted by Gasteiger charge is -2.11. The topological polar surface area (TPSA) is 73.6 Å². The molecule has 0 saturated carbocycles. The highest BCUT2D eigenvalue weighted by Crippen LogP contribution is 2.29. The van der Waals surface area contributed by atoms with Crippen molar-refractivity contribution in [2.24, 2.45) is 0 Å². The van der Waals surface area contributed by atoms with E-state index in [9.17, 15) is 18.0 Å². The number of carbonyl (C=O) groups excluding carboxylic acids is 1. The molecule has 2 aromatic rings. The summed E-state index contributed by atoms with van der Waals surface area (Å²) in [6, 6.07) is 5.04. The van der Waals surface area contributed by atoms with Crippen molar-refractivity contribution >= 4 is 5.91 Å². The zero-order valence-corrected chi connectivity index (χ0v) is 13.9. The third kappa shape index (κ3) is 4.34. The normalized spacial score (nSPS) is 17.3. The van der Waals surface area contributed by atoms with Gasteiger partial charge in [0.1, 0.15) is 11.3 Å². The van der Waals surface area contributed by atoms with E-state index in [1.165, 1.54) is 12.1 Å². The average molecular weight is 370 g/mol. The van der Waals surface area contributed by atoms with Gasteiger partial charge in [-0.25, -0.2) is 0 Å². The van der Waals surface area contributed by atoms with Gasteiger partial charge < -0.3 is 19.3 Å². The minimum absolute atomic E-state index is 0.0126. The van der Waals surface area contributed by atoms with Gasteiger partial charge in [0.05, 0.1) is 11.8 Å². The first-order chi connectivity index (χ1) is 12.3. The lowest BCUT2D eigenvalue weighted by Crippen LogP contribution is -2.32. The number of amides is 1. The number of aromatic nitrogens is 1. The van der Waals surface area contributed by atoms with Crippen LogP contribution in [0.2, 0.25) is 0 Å². The maximum Gasteiger partial charge on any atom is 0.573 e. The first-order valence-electron chi connectivity index (χ1n) is 8.06. The van der Waals surface area contributed by atoms with Gasteiger partial charge in [-0.15, -0.1) is 13.2 Å². The number of carbonyl (C=O) groups is 1. The monoisotopic (exact) mass is 370 g/mol. The molecular weight excluding hydrogens is 353 g/mol. The molecule has 0 radical (unpaired) electrons. The van der Waals surface area contributed by atoms with Gasteiger partial charge in [-0.1, -0.05) is 5.16 Å². The summed E-state index contributed by atoms with van der Waals surface area (Å²) < 4.78 is 51.2. The zero-order chi connectivity index (χ0) is 18.7. The molecule has 1 atom stereocenters. The summed E-state index contributed by atoms with van der Waals surface area (Å²) >= 11 is 0. The standard InChI is InChI=1S/C17H17F3N2O4/c1-10-14(16(23)21-9-13-3-2-8-24-13)15(26-22-10)11-4-6-12(7-5-11)25-17(18,19)20/h4-7,13H,2-3,8-9H2,1H3,(H,21,23). The van der Waals surface area contributed by atoms with Crippen LogP contribution in [0.25, 0.3) is 11.3 Å². The number of nitrogens with zero attached hydrogens (tertiary/aromatic N) is 1. The number of hydrogen-bond donors (Lipinski definition) is 1. The van der Waals surface area contributed by atoms with E-state index in [0.717, 1.165) is 25.0 Å². The highest BCUT2D eigenvalue weighted by molar-refractivity contribution is 6.00. The number of halogens is 3. The van der Waals surface area contributed by atoms with Crippen LogP contribution < -0.4 is 10.1 Å². The van der Waals surface area contributed by atoms with E-state index in [-0.39, 0.29) is 29.1 Å². The quantitative estimate of drug-likeness (QED) is 0.873. The van der Waals surface area contributed by atoms with Crippen molar-refractivity contribution in [3.05, 3.63) is 35.5 Å². The molecule has 0 bridgehead atoms. The van der Waals surface area contributed by atoms with E-state index in [4.69, 9.17) is 9.26 Å². The zero-order valence-electron chi connectivity index (χ0n) is 13.9. The Hall–Kier alpha value is -2.55. The first-order valence-corrected chi connectivity index (χ1v) is 8.06. The highest BCUT2D eigenvalue weighted by atomic mass is 19.4. The summed E-state index contributed by atoms with van der Waals surface area (Å²) in [5.74, 6) is -0.544. The maximum absolute atomic E-state index is 12.5. The molecule has 1 amide bonds. The van der Waals surface area contributed by atoms with Crippen molar-refractivity contribution in [2.75, 3.05) is 13.2 Å². The van der Waals surface area contributed by atoms with Gasteiger partial charge in [0, 0.05) is 18.7 Å². The van der Waals surface area contributed by atoms with E-state index < -0.39 is 6.36 Å². The van der Waals surface area contributed by atoms with Crippen molar-refractivity contribution in [1.29, 1.82) is 0 Å². The lowest BCUT2D eigenvalue weighted by molar-refractivity contribution is -0.274. The van der Waals surface area contributed by atoms with Crippen molar-refractivity contribution in [1.82, 2.24) is 10.5 Å². The Balaban J connectivity index is 1.75. The number of hydrogen-bond acceptors (Lipinski definition) is 5. The Labute approximate surface area is 147 Å². The molecule has 1 aliphatic rings. The molecule has 1 aromatic heterocycles. The second kappa shape index (κ2) is 7.36. The number of benzene rings is 1. The van der Waals surface area contributed by atoms with Crippen LogP contribution in [0.15, 0.2) is 28.8 Å². The van der Waals surface area contributed by atoms with Gasteiger partial charge in [0.25, 0.3) is 5.91 Å². The highest BCUT2D eigenvalue weighted by Gasteiger charge is 2.31. The molecular formula is C17H17F3N2O4. The first kappa shape index (κ1) is 18.2. The fourth-order valence-electron chi connectivity index (χ4n) is 2.74. The van der Waals surface area contributed by atoms with E-state index >= 15 is 0 Å². The molecule has 1 unspecified atom stereocenters. The summed E-state index contributed by atoms with van der Waals surface area (Å²) in [5, 5.41) is 6.58. The smallest absolute Gasteiger partial charge is 0.406 e. The Morgan fingerprint density at radius 3 is 2.69 bits per heavy atom. The SMILES string of the molecule is Cc1noc(-c2ccc(OC(F)(F)F)cc2)c1C(=O)NCC1CCCO1. The second-order valence-corrected chi connectivity index (χ2v) is 5.89. The van der Waals surface area contributed by atoms with Crippen LogP contribution >= 0.6 is 0 Å². The van der Waals surface area contributed by atoms with Crippen LogP contribution in [0.1, 0.15) is 28.9 Å². The van der Waals surface area contributed by atoms with E-state index in [0.29, 0.717) is 24.4 Å². The Morgan fingerprint density at radius 2 is 2.08 bits per heavy atom. The number of ether oxygens (including phenoxy) is 2. The third-order valence-corrected chi connectivity index (χ3v) is 3.95. The van der Waals surface area contributed by atoms with Crippen molar-refractivity contribution < 1.29 is 32.0 Å². The molecule has 1 saturated heterocycles. The van der Waals surface area contributed by atoms with Crippen molar-refractivity contribution in [3.8, 4) is 17.1 Å². The Morgan fingerprint density at radius 1 is 1.35 bits per heavy atom.